The Bertz CT molecular complexity index is 2210. The Labute approximate surface area is 235 Å². The molecule has 0 aliphatic heterocycles. The Hall–Kier alpha value is -8.46. The molecule has 0 atom stereocenters. The van der Waals surface area contributed by atoms with E-state index in [-0.39, 0.29) is 31.3 Å². The molecule has 0 spiro atoms. The summed E-state index contributed by atoms with van der Waals surface area (Å²) in [6, 6.07) is 12.0. The topological polar surface area (TPSA) is 188 Å². The van der Waals surface area contributed by atoms with Gasteiger partial charge < -0.3 is 0 Å². The highest BCUT2D eigenvalue weighted by Crippen LogP contribution is 2.31. The first-order valence-electron chi connectivity index (χ1n) is 10.8. The van der Waals surface area contributed by atoms with E-state index in [0.717, 1.165) is 0 Å². The SMILES string of the molecule is [C-]#[N+]C1=c2c(c3c(c4c2=C(C#N)/C(=C(\C#N)[N+]#[C-])C=4[N+]#[C-])=C([N+]#[C-])/C(=C(/C#N)[N+]#[C-])C=3C#N)=C(C#N)C1=C(C#N)C#N. The van der Waals surface area contributed by atoms with E-state index in [1.165, 1.54) is 0 Å². The minimum absolute atomic E-state index is 0.228. The van der Waals surface area contributed by atoms with Crippen LogP contribution >= 0.6 is 0 Å². The monoisotopic (exact) mass is 528 g/mol. The molecule has 1 aromatic carbocycles. The van der Waals surface area contributed by atoms with E-state index in [2.05, 4.69) is 24.2 Å². The van der Waals surface area contributed by atoms with E-state index in [4.69, 9.17) is 32.9 Å². The molecule has 12 nitrogen and oxygen atoms in total. The number of hydrogen-bond donors (Lipinski definition) is 0. The van der Waals surface area contributed by atoms with Crippen LogP contribution in [0.15, 0.2) is 33.7 Å². The van der Waals surface area contributed by atoms with Gasteiger partial charge in [0.2, 0.25) is 5.70 Å². The fraction of sp³-hybridized carbons (Fsp3) is 0. The van der Waals surface area contributed by atoms with Gasteiger partial charge in [-0.15, -0.1) is 0 Å². The van der Waals surface area contributed by atoms with Gasteiger partial charge in [0, 0.05) is 27.9 Å². The lowest BCUT2D eigenvalue weighted by Crippen LogP contribution is -2.65. The van der Waals surface area contributed by atoms with Crippen molar-refractivity contribution in [1.29, 1.82) is 36.8 Å². The molecular weight excluding hydrogens is 528 g/mol. The zero-order valence-corrected chi connectivity index (χ0v) is 20.4. The van der Waals surface area contributed by atoms with Crippen LogP contribution < -0.4 is 31.3 Å². The summed E-state index contributed by atoms with van der Waals surface area (Å²) in [5.41, 5.74) is -5.89. The van der Waals surface area contributed by atoms with Crippen molar-refractivity contribution in [3.05, 3.63) is 122 Å². The second-order valence-corrected chi connectivity index (χ2v) is 7.96. The summed E-state index contributed by atoms with van der Waals surface area (Å²) in [5, 5.41) is 68.1. The lowest BCUT2D eigenvalue weighted by molar-refractivity contribution is 1.30. The summed E-state index contributed by atoms with van der Waals surface area (Å²) >= 11 is 0. The lowest BCUT2D eigenvalue weighted by Gasteiger charge is -1.99. The van der Waals surface area contributed by atoms with Crippen molar-refractivity contribution >= 4 is 33.8 Å². The van der Waals surface area contributed by atoms with Crippen LogP contribution in [0.4, 0.5) is 0 Å². The van der Waals surface area contributed by atoms with E-state index in [0.29, 0.717) is 0 Å². The van der Waals surface area contributed by atoms with Crippen molar-refractivity contribution in [3.8, 4) is 42.5 Å². The molecule has 0 bridgehead atoms. The van der Waals surface area contributed by atoms with E-state index < -0.39 is 67.5 Å². The van der Waals surface area contributed by atoms with Gasteiger partial charge in [-0.1, -0.05) is 0 Å². The molecule has 0 unspecified atom stereocenters. The summed E-state index contributed by atoms with van der Waals surface area (Å²) < 4.78 is 0. The van der Waals surface area contributed by atoms with Gasteiger partial charge in [0.15, 0.2) is 11.4 Å². The van der Waals surface area contributed by atoms with Crippen molar-refractivity contribution in [2.45, 2.75) is 0 Å². The van der Waals surface area contributed by atoms with Crippen molar-refractivity contribution in [2.24, 2.45) is 0 Å². The van der Waals surface area contributed by atoms with Crippen LogP contribution in [0.3, 0.4) is 0 Å². The maximum atomic E-state index is 10.3. The number of rotatable bonds is 0. The second kappa shape index (κ2) is 9.78. The van der Waals surface area contributed by atoms with Gasteiger partial charge in [-0.2, -0.15) is 26.3 Å². The minimum atomic E-state index is -0.672. The van der Waals surface area contributed by atoms with Crippen molar-refractivity contribution in [2.75, 3.05) is 0 Å². The molecule has 42 heavy (non-hydrogen) atoms. The third kappa shape index (κ3) is 2.97. The second-order valence-electron chi connectivity index (χ2n) is 7.96. The zero-order valence-electron chi connectivity index (χ0n) is 20.4. The Morgan fingerprint density at radius 2 is 0.738 bits per heavy atom. The Kier molecular flexibility index (Phi) is 6.19. The molecule has 0 amide bonds. The third-order valence-electron chi connectivity index (χ3n) is 6.47. The van der Waals surface area contributed by atoms with Crippen LogP contribution in [0.25, 0.3) is 58.0 Å². The first-order chi connectivity index (χ1) is 20.4. The smallest absolute Gasteiger partial charge is 0.238 e. The first kappa shape index (κ1) is 26.6. The highest BCUT2D eigenvalue weighted by atomic mass is 14.8. The van der Waals surface area contributed by atoms with Crippen molar-refractivity contribution in [1.82, 2.24) is 0 Å². The van der Waals surface area contributed by atoms with Gasteiger partial charge in [0.05, 0.1) is 68.8 Å². The van der Waals surface area contributed by atoms with Gasteiger partial charge in [0.25, 0.3) is 11.4 Å². The summed E-state index contributed by atoms with van der Waals surface area (Å²) in [5.74, 6) is 0. The maximum absolute atomic E-state index is 10.3. The molecule has 12 heteroatoms. The van der Waals surface area contributed by atoms with Gasteiger partial charge in [-0.25, -0.2) is 34.7 Å². The first-order valence-corrected chi connectivity index (χ1v) is 10.8. The molecule has 3 aliphatic rings. The maximum Gasteiger partial charge on any atom is 0.260 e. The van der Waals surface area contributed by atoms with Crippen LogP contribution in [0.5, 0.6) is 0 Å². The van der Waals surface area contributed by atoms with Crippen LogP contribution in [-0.2, 0) is 0 Å². The summed E-state index contributed by atoms with van der Waals surface area (Å²) in [4.78, 5) is 16.6. The molecular formula is C30N12. The molecule has 0 radical (unpaired) electrons. The van der Waals surface area contributed by atoms with Gasteiger partial charge in [-0.3, -0.25) is 0 Å². The fourth-order valence-corrected chi connectivity index (χ4v) is 5.10. The van der Waals surface area contributed by atoms with Crippen LogP contribution in [0, 0.1) is 112 Å². The highest BCUT2D eigenvalue weighted by Gasteiger charge is 2.36. The molecule has 4 rings (SSSR count). The quantitative estimate of drug-likeness (QED) is 0.322. The molecule has 0 aromatic heterocycles. The number of hydrogen-bond acceptors (Lipinski definition) is 7. The van der Waals surface area contributed by atoms with Gasteiger partial charge >= 0.3 is 0 Å². The van der Waals surface area contributed by atoms with Crippen LogP contribution in [-0.4, -0.2) is 0 Å². The summed E-state index contributed by atoms with van der Waals surface area (Å²) in [6.07, 6.45) is 0. The third-order valence-corrected chi connectivity index (χ3v) is 6.47. The molecule has 0 saturated carbocycles. The Morgan fingerprint density at radius 1 is 0.429 bits per heavy atom. The molecule has 0 heterocycles. The van der Waals surface area contributed by atoms with Crippen LogP contribution in [0.1, 0.15) is 0 Å². The molecule has 0 fully saturated rings. The molecule has 3 aliphatic carbocycles. The average molecular weight is 528 g/mol. The van der Waals surface area contributed by atoms with E-state index in [9.17, 15) is 36.8 Å². The summed E-state index contributed by atoms with van der Waals surface area (Å²) in [7, 11) is 0. The minimum Gasteiger partial charge on any atom is -0.238 e. The molecule has 0 N–H and O–H groups in total. The van der Waals surface area contributed by atoms with E-state index in [1.54, 1.807) is 24.3 Å². The average Bonchev–Trinajstić information content (AvgIpc) is 3.63. The van der Waals surface area contributed by atoms with Gasteiger partial charge in [0.1, 0.15) is 17.7 Å². The van der Waals surface area contributed by atoms with Crippen molar-refractivity contribution < 1.29 is 0 Å². The van der Waals surface area contributed by atoms with E-state index in [1.807, 2.05) is 18.2 Å². The normalized spacial score (nSPS) is 15.6. The highest BCUT2D eigenvalue weighted by molar-refractivity contribution is 6.06. The zero-order chi connectivity index (χ0) is 30.9. The Morgan fingerprint density at radius 3 is 1.02 bits per heavy atom. The number of benzene rings is 1. The predicted octanol–water partition coefficient (Wildman–Crippen LogP) is -0.430. The van der Waals surface area contributed by atoms with Gasteiger partial charge in [-0.05, 0) is 31.3 Å². The number of nitrogens with zero attached hydrogens (tertiary/aromatic N) is 12. The largest absolute Gasteiger partial charge is 0.260 e. The van der Waals surface area contributed by atoms with Crippen LogP contribution in [0.2, 0.25) is 0 Å². The molecule has 1 aromatic rings. The predicted molar refractivity (Wildman–Crippen MR) is 138 cm³/mol. The standard InChI is InChI=1S/C30N12/c1-38-17(11-36)20-15(9-34)23-22-14(8-33)19(13(6-31)7-32)28(40-3)25(22)24-16(10-35)21(18(12-37)39-2)30(42-5)27(24)26(23)29(20)41-4/b20-17-,21-18-. The molecule has 0 saturated heterocycles. The Balaban J connectivity index is 2.91. The number of nitriles is 7. The lowest BCUT2D eigenvalue weighted by atomic mass is 10.0. The number of allylic oxidation sites excluding steroid dienone is 3. The molecule has 180 valence electrons. The summed E-state index contributed by atoms with van der Waals surface area (Å²) in [6.45, 7) is 38.7. The van der Waals surface area contributed by atoms with Crippen molar-refractivity contribution in [3.63, 3.8) is 0 Å². The van der Waals surface area contributed by atoms with E-state index >= 15 is 0 Å². The number of fused-ring (bicyclic) bond motifs is 6. The fourth-order valence-electron chi connectivity index (χ4n) is 5.10.